The molecule has 82 valence electrons. The van der Waals surface area contributed by atoms with Gasteiger partial charge in [0.2, 0.25) is 0 Å². The highest BCUT2D eigenvalue weighted by Crippen LogP contribution is 2.32. The molecule has 0 spiro atoms. The van der Waals surface area contributed by atoms with Gasteiger partial charge in [0, 0.05) is 10.6 Å². The van der Waals surface area contributed by atoms with Crippen molar-refractivity contribution in [3.05, 3.63) is 39.9 Å². The van der Waals surface area contributed by atoms with E-state index in [0.717, 1.165) is 0 Å². The number of aliphatic hydroxyl groups is 1. The average Bonchev–Trinajstić information content (AvgIpc) is 2.20. The van der Waals surface area contributed by atoms with Crippen molar-refractivity contribution in [2.24, 2.45) is 0 Å². The Morgan fingerprint density at radius 2 is 2.13 bits per heavy atom. The second kappa shape index (κ2) is 6.01. The van der Waals surface area contributed by atoms with E-state index in [-0.39, 0.29) is 6.61 Å². The van der Waals surface area contributed by atoms with Crippen LogP contribution in [0.15, 0.2) is 24.3 Å². The Morgan fingerprint density at radius 3 is 2.73 bits per heavy atom. The van der Waals surface area contributed by atoms with Crippen molar-refractivity contribution in [1.82, 2.24) is 0 Å². The van der Waals surface area contributed by atoms with Crippen LogP contribution in [-0.4, -0.2) is 11.7 Å². The predicted octanol–water partition coefficient (Wildman–Crippen LogP) is 3.44. The standard InChI is InChI=1S/C11H12Cl2O2/c1-2-3-4-15-11-8(7-14)5-9(12)6-10(11)13/h2-3,5-6,14H,4,7H2,1H3/b3-2+. The maximum atomic E-state index is 9.11. The molecule has 0 atom stereocenters. The van der Waals surface area contributed by atoms with Crippen molar-refractivity contribution in [3.63, 3.8) is 0 Å². The van der Waals surface area contributed by atoms with Gasteiger partial charge in [0.15, 0.2) is 0 Å². The van der Waals surface area contributed by atoms with Crippen molar-refractivity contribution < 1.29 is 9.84 Å². The highest BCUT2D eigenvalue weighted by Gasteiger charge is 2.09. The molecule has 0 aliphatic carbocycles. The molecular weight excluding hydrogens is 235 g/mol. The summed E-state index contributed by atoms with van der Waals surface area (Å²) < 4.78 is 5.42. The molecule has 0 heterocycles. The Labute approximate surface area is 99.1 Å². The molecule has 1 aromatic rings. The van der Waals surface area contributed by atoms with E-state index >= 15 is 0 Å². The van der Waals surface area contributed by atoms with Gasteiger partial charge in [-0.3, -0.25) is 0 Å². The summed E-state index contributed by atoms with van der Waals surface area (Å²) in [6.07, 6.45) is 3.73. The van der Waals surface area contributed by atoms with Crippen LogP contribution < -0.4 is 4.74 Å². The summed E-state index contributed by atoms with van der Waals surface area (Å²) >= 11 is 11.7. The zero-order valence-corrected chi connectivity index (χ0v) is 9.85. The van der Waals surface area contributed by atoms with Gasteiger partial charge in [-0.05, 0) is 19.1 Å². The lowest BCUT2D eigenvalue weighted by molar-refractivity contribution is 0.270. The molecule has 1 N–H and O–H groups in total. The normalized spacial score (nSPS) is 10.9. The molecule has 0 aromatic heterocycles. The first-order chi connectivity index (χ1) is 7.19. The van der Waals surface area contributed by atoms with E-state index in [1.54, 1.807) is 12.1 Å². The SMILES string of the molecule is C/C=C/COc1c(Cl)cc(Cl)cc1CO. The Hall–Kier alpha value is -0.700. The number of hydrogen-bond acceptors (Lipinski definition) is 2. The van der Waals surface area contributed by atoms with Gasteiger partial charge in [-0.2, -0.15) is 0 Å². The van der Waals surface area contributed by atoms with E-state index in [1.165, 1.54) is 0 Å². The third kappa shape index (κ3) is 3.42. The summed E-state index contributed by atoms with van der Waals surface area (Å²) in [5, 5.41) is 10.0. The van der Waals surface area contributed by atoms with Crippen LogP contribution in [0.25, 0.3) is 0 Å². The first-order valence-electron chi connectivity index (χ1n) is 4.51. The highest BCUT2D eigenvalue weighted by atomic mass is 35.5. The first-order valence-corrected chi connectivity index (χ1v) is 5.27. The molecule has 1 rings (SSSR count). The Kier molecular flexibility index (Phi) is 4.95. The fourth-order valence-corrected chi connectivity index (χ4v) is 1.71. The second-order valence-corrected chi connectivity index (χ2v) is 3.76. The zero-order chi connectivity index (χ0) is 11.3. The molecular formula is C11H12Cl2O2. The minimum absolute atomic E-state index is 0.147. The topological polar surface area (TPSA) is 29.5 Å². The first kappa shape index (κ1) is 12.4. The minimum Gasteiger partial charge on any atom is -0.488 e. The number of rotatable bonds is 4. The number of benzene rings is 1. The van der Waals surface area contributed by atoms with E-state index in [4.69, 9.17) is 33.0 Å². The summed E-state index contributed by atoms with van der Waals surface area (Å²) in [7, 11) is 0. The van der Waals surface area contributed by atoms with Gasteiger partial charge in [-0.25, -0.2) is 0 Å². The lowest BCUT2D eigenvalue weighted by Gasteiger charge is -2.10. The molecule has 0 radical (unpaired) electrons. The highest BCUT2D eigenvalue weighted by molar-refractivity contribution is 6.35. The monoisotopic (exact) mass is 246 g/mol. The third-order valence-electron chi connectivity index (χ3n) is 1.82. The Balaban J connectivity index is 2.93. The van der Waals surface area contributed by atoms with E-state index in [0.29, 0.717) is 28.0 Å². The second-order valence-electron chi connectivity index (χ2n) is 2.91. The third-order valence-corrected chi connectivity index (χ3v) is 2.31. The molecule has 0 aliphatic heterocycles. The fraction of sp³-hybridized carbons (Fsp3) is 0.273. The van der Waals surface area contributed by atoms with Gasteiger partial charge in [0.1, 0.15) is 12.4 Å². The number of ether oxygens (including phenoxy) is 1. The lowest BCUT2D eigenvalue weighted by atomic mass is 10.2. The Morgan fingerprint density at radius 1 is 1.40 bits per heavy atom. The summed E-state index contributed by atoms with van der Waals surface area (Å²) in [5.74, 6) is 0.488. The molecule has 2 nitrogen and oxygen atoms in total. The van der Waals surface area contributed by atoms with Crippen LogP contribution in [0.4, 0.5) is 0 Å². The van der Waals surface area contributed by atoms with E-state index in [1.807, 2.05) is 19.1 Å². The number of allylic oxidation sites excluding steroid dienone is 1. The van der Waals surface area contributed by atoms with E-state index in [9.17, 15) is 0 Å². The van der Waals surface area contributed by atoms with Crippen LogP contribution in [0.5, 0.6) is 5.75 Å². The van der Waals surface area contributed by atoms with Crippen LogP contribution in [0, 0.1) is 0 Å². The molecule has 0 bridgehead atoms. The smallest absolute Gasteiger partial charge is 0.143 e. The quantitative estimate of drug-likeness (QED) is 0.826. The summed E-state index contributed by atoms with van der Waals surface area (Å²) in [4.78, 5) is 0. The Bertz CT molecular complexity index is 362. The summed E-state index contributed by atoms with van der Waals surface area (Å²) in [6.45, 7) is 2.18. The molecule has 0 unspecified atom stereocenters. The van der Waals surface area contributed by atoms with Crippen molar-refractivity contribution in [2.45, 2.75) is 13.5 Å². The van der Waals surface area contributed by atoms with Crippen molar-refractivity contribution in [2.75, 3.05) is 6.61 Å². The maximum Gasteiger partial charge on any atom is 0.143 e. The van der Waals surface area contributed by atoms with Crippen LogP contribution in [0.2, 0.25) is 10.0 Å². The molecule has 15 heavy (non-hydrogen) atoms. The van der Waals surface area contributed by atoms with Crippen LogP contribution in [-0.2, 0) is 6.61 Å². The van der Waals surface area contributed by atoms with E-state index in [2.05, 4.69) is 0 Å². The number of hydrogen-bond donors (Lipinski definition) is 1. The predicted molar refractivity (Wildman–Crippen MR) is 62.7 cm³/mol. The zero-order valence-electron chi connectivity index (χ0n) is 8.34. The van der Waals surface area contributed by atoms with Gasteiger partial charge in [-0.15, -0.1) is 0 Å². The number of aliphatic hydroxyl groups excluding tert-OH is 1. The van der Waals surface area contributed by atoms with Gasteiger partial charge < -0.3 is 9.84 Å². The van der Waals surface area contributed by atoms with Crippen LogP contribution in [0.3, 0.4) is 0 Å². The van der Waals surface area contributed by atoms with Gasteiger partial charge in [0.05, 0.1) is 11.6 Å². The van der Waals surface area contributed by atoms with Gasteiger partial charge in [-0.1, -0.05) is 35.4 Å². The average molecular weight is 247 g/mol. The molecule has 0 fully saturated rings. The van der Waals surface area contributed by atoms with Crippen molar-refractivity contribution in [3.8, 4) is 5.75 Å². The summed E-state index contributed by atoms with van der Waals surface area (Å²) in [6, 6.07) is 3.23. The molecule has 0 saturated heterocycles. The lowest BCUT2D eigenvalue weighted by Crippen LogP contribution is -1.98. The van der Waals surface area contributed by atoms with Gasteiger partial charge in [0.25, 0.3) is 0 Å². The van der Waals surface area contributed by atoms with Crippen molar-refractivity contribution in [1.29, 1.82) is 0 Å². The van der Waals surface area contributed by atoms with Crippen LogP contribution >= 0.6 is 23.2 Å². The van der Waals surface area contributed by atoms with E-state index < -0.39 is 0 Å². The largest absolute Gasteiger partial charge is 0.488 e. The fourth-order valence-electron chi connectivity index (χ4n) is 1.12. The van der Waals surface area contributed by atoms with Crippen molar-refractivity contribution >= 4 is 23.2 Å². The maximum absolute atomic E-state index is 9.11. The molecule has 0 aliphatic rings. The minimum atomic E-state index is -0.147. The molecule has 0 amide bonds. The van der Waals surface area contributed by atoms with Crippen LogP contribution in [0.1, 0.15) is 12.5 Å². The molecule has 4 heteroatoms. The molecule has 1 aromatic carbocycles. The molecule has 0 saturated carbocycles. The summed E-state index contributed by atoms with van der Waals surface area (Å²) in [5.41, 5.74) is 0.594. The number of halogens is 2. The van der Waals surface area contributed by atoms with Gasteiger partial charge >= 0.3 is 0 Å².